The van der Waals surface area contributed by atoms with Crippen molar-refractivity contribution in [3.63, 3.8) is 0 Å². The summed E-state index contributed by atoms with van der Waals surface area (Å²) in [6, 6.07) is 15.1. The van der Waals surface area contributed by atoms with Gasteiger partial charge in [-0.2, -0.15) is 0 Å². The lowest BCUT2D eigenvalue weighted by Gasteiger charge is -2.26. The molecule has 0 saturated heterocycles. The number of Topliss-reactive ketones (excluding diaryl/α,β-unsaturated/α-hetero) is 1. The molecule has 3 heterocycles. The molecule has 0 radical (unpaired) electrons. The molecule has 6 nitrogen and oxygen atoms in total. The van der Waals surface area contributed by atoms with Gasteiger partial charge >= 0.3 is 0 Å². The molecule has 1 aliphatic heterocycles. The average molecular weight is 360 g/mol. The van der Waals surface area contributed by atoms with Crippen LogP contribution in [0.2, 0.25) is 0 Å². The Hall–Kier alpha value is -3.67. The third-order valence-corrected chi connectivity index (χ3v) is 4.48. The topological polar surface area (TPSA) is 83.6 Å². The largest absolute Gasteiger partial charge is 0.503 e. The van der Waals surface area contributed by atoms with E-state index >= 15 is 0 Å². The minimum absolute atomic E-state index is 0.0186. The predicted molar refractivity (Wildman–Crippen MR) is 96.7 cm³/mol. The number of aliphatic hydroxyl groups is 1. The zero-order valence-electron chi connectivity index (χ0n) is 14.3. The molecule has 0 bridgehead atoms. The molecule has 0 spiro atoms. The molecule has 27 heavy (non-hydrogen) atoms. The molecule has 1 amide bonds. The summed E-state index contributed by atoms with van der Waals surface area (Å²) >= 11 is 0. The molecule has 0 aliphatic carbocycles. The van der Waals surface area contributed by atoms with E-state index in [0.717, 1.165) is 11.1 Å². The predicted octanol–water partition coefficient (Wildman–Crippen LogP) is 3.45. The van der Waals surface area contributed by atoms with Gasteiger partial charge in [-0.25, -0.2) is 0 Å². The van der Waals surface area contributed by atoms with Crippen molar-refractivity contribution in [1.29, 1.82) is 0 Å². The molecule has 1 N–H and O–H groups in total. The van der Waals surface area contributed by atoms with Crippen molar-refractivity contribution in [3.05, 3.63) is 101 Å². The molecule has 0 unspecified atom stereocenters. The molecule has 0 saturated carbocycles. The highest BCUT2D eigenvalue weighted by Crippen LogP contribution is 2.39. The van der Waals surface area contributed by atoms with E-state index in [1.165, 1.54) is 17.2 Å². The number of aromatic nitrogens is 1. The lowest BCUT2D eigenvalue weighted by atomic mass is 9.95. The summed E-state index contributed by atoms with van der Waals surface area (Å²) in [6.07, 6.45) is 4.68. The van der Waals surface area contributed by atoms with Gasteiger partial charge in [-0.15, -0.1) is 0 Å². The SMILES string of the molecule is O=C(C1=C(O)C(=O)N(Cc2cccnc2)[C@H]1c1ccccc1)c1ccco1. The quantitative estimate of drug-likeness (QED) is 0.705. The van der Waals surface area contributed by atoms with Gasteiger partial charge in [-0.3, -0.25) is 14.6 Å². The first-order valence-electron chi connectivity index (χ1n) is 8.43. The Morgan fingerprint density at radius 3 is 2.59 bits per heavy atom. The maximum atomic E-state index is 12.9. The number of hydrogen-bond donors (Lipinski definition) is 1. The first kappa shape index (κ1) is 16.8. The zero-order chi connectivity index (χ0) is 18.8. The number of aliphatic hydroxyl groups excluding tert-OH is 1. The monoisotopic (exact) mass is 360 g/mol. The van der Waals surface area contributed by atoms with E-state index in [0.29, 0.717) is 0 Å². The molecular weight excluding hydrogens is 344 g/mol. The second-order valence-corrected chi connectivity index (χ2v) is 6.18. The molecule has 2 aromatic heterocycles. The minimum Gasteiger partial charge on any atom is -0.503 e. The van der Waals surface area contributed by atoms with Gasteiger partial charge < -0.3 is 14.4 Å². The Kier molecular flexibility index (Phi) is 4.30. The van der Waals surface area contributed by atoms with E-state index in [9.17, 15) is 14.7 Å². The Bertz CT molecular complexity index is 995. The second-order valence-electron chi connectivity index (χ2n) is 6.18. The van der Waals surface area contributed by atoms with E-state index in [-0.39, 0.29) is 17.9 Å². The van der Waals surface area contributed by atoms with Crippen LogP contribution in [0.25, 0.3) is 0 Å². The highest BCUT2D eigenvalue weighted by molar-refractivity contribution is 6.14. The third kappa shape index (κ3) is 3.01. The number of carbonyl (C=O) groups excluding carboxylic acids is 2. The van der Waals surface area contributed by atoms with Crippen molar-refractivity contribution >= 4 is 11.7 Å². The molecule has 1 aliphatic rings. The summed E-state index contributed by atoms with van der Waals surface area (Å²) in [5.41, 5.74) is 1.55. The molecule has 134 valence electrons. The van der Waals surface area contributed by atoms with Crippen LogP contribution in [0.3, 0.4) is 0 Å². The van der Waals surface area contributed by atoms with E-state index in [1.54, 1.807) is 24.5 Å². The summed E-state index contributed by atoms with van der Waals surface area (Å²) in [5.74, 6) is -1.57. The molecule has 4 rings (SSSR count). The lowest BCUT2D eigenvalue weighted by Crippen LogP contribution is -2.30. The summed E-state index contributed by atoms with van der Waals surface area (Å²) in [6.45, 7) is 0.214. The molecular formula is C21H16N2O4. The highest BCUT2D eigenvalue weighted by atomic mass is 16.3. The van der Waals surface area contributed by atoms with Crippen molar-refractivity contribution in [3.8, 4) is 0 Å². The van der Waals surface area contributed by atoms with Crippen molar-refractivity contribution in [1.82, 2.24) is 9.88 Å². The van der Waals surface area contributed by atoms with Crippen LogP contribution < -0.4 is 0 Å². The fraction of sp³-hybridized carbons (Fsp3) is 0.0952. The second kappa shape index (κ2) is 6.92. The first-order chi connectivity index (χ1) is 13.2. The summed E-state index contributed by atoms with van der Waals surface area (Å²) in [4.78, 5) is 31.3. The van der Waals surface area contributed by atoms with Gasteiger partial charge in [0.05, 0.1) is 17.9 Å². The van der Waals surface area contributed by atoms with Crippen LogP contribution in [0, 0.1) is 0 Å². The number of nitrogens with zero attached hydrogens (tertiary/aromatic N) is 2. The number of carbonyl (C=O) groups is 2. The summed E-state index contributed by atoms with van der Waals surface area (Å²) in [5, 5.41) is 10.5. The van der Waals surface area contributed by atoms with Crippen LogP contribution in [0.15, 0.2) is 89.0 Å². The van der Waals surface area contributed by atoms with Crippen LogP contribution in [-0.2, 0) is 11.3 Å². The normalized spacial score (nSPS) is 16.8. The third-order valence-electron chi connectivity index (χ3n) is 4.48. The number of rotatable bonds is 5. The fourth-order valence-electron chi connectivity index (χ4n) is 3.26. The van der Waals surface area contributed by atoms with E-state index in [4.69, 9.17) is 4.42 Å². The average Bonchev–Trinajstić information content (AvgIpc) is 3.32. The summed E-state index contributed by atoms with van der Waals surface area (Å²) in [7, 11) is 0. The highest BCUT2D eigenvalue weighted by Gasteiger charge is 2.44. The molecule has 0 fully saturated rings. The molecule has 1 aromatic carbocycles. The van der Waals surface area contributed by atoms with Gasteiger partial charge in [0.1, 0.15) is 0 Å². The fourth-order valence-corrected chi connectivity index (χ4v) is 3.26. The van der Waals surface area contributed by atoms with Crippen LogP contribution in [0.1, 0.15) is 27.7 Å². The molecule has 6 heteroatoms. The van der Waals surface area contributed by atoms with Crippen LogP contribution in [0.5, 0.6) is 0 Å². The maximum absolute atomic E-state index is 12.9. The Labute approximate surface area is 155 Å². The maximum Gasteiger partial charge on any atom is 0.290 e. The number of hydrogen-bond acceptors (Lipinski definition) is 5. The van der Waals surface area contributed by atoms with E-state index in [1.807, 2.05) is 36.4 Å². The number of ketones is 1. The van der Waals surface area contributed by atoms with Gasteiger partial charge in [-0.1, -0.05) is 36.4 Å². The Morgan fingerprint density at radius 2 is 1.93 bits per heavy atom. The Balaban J connectivity index is 1.79. The van der Waals surface area contributed by atoms with Crippen LogP contribution in [0.4, 0.5) is 0 Å². The minimum atomic E-state index is -0.712. The van der Waals surface area contributed by atoms with Gasteiger partial charge in [0.25, 0.3) is 5.91 Å². The lowest BCUT2D eigenvalue weighted by molar-refractivity contribution is -0.130. The molecule has 3 aromatic rings. The number of furan rings is 1. The molecule has 1 atom stereocenters. The van der Waals surface area contributed by atoms with Crippen molar-refractivity contribution in [2.75, 3.05) is 0 Å². The first-order valence-corrected chi connectivity index (χ1v) is 8.43. The van der Waals surface area contributed by atoms with Crippen LogP contribution >= 0.6 is 0 Å². The Morgan fingerprint density at radius 1 is 1.11 bits per heavy atom. The number of amides is 1. The van der Waals surface area contributed by atoms with Gasteiger partial charge in [0.2, 0.25) is 5.78 Å². The van der Waals surface area contributed by atoms with Crippen LogP contribution in [-0.4, -0.2) is 26.7 Å². The standard InChI is InChI=1S/C21H16N2O4/c24-19(16-9-5-11-27-16)17-18(15-7-2-1-3-8-15)23(21(26)20(17)25)13-14-6-4-10-22-12-14/h1-12,18,25H,13H2/t18-/m0/s1. The number of benzene rings is 1. The number of pyridine rings is 1. The zero-order valence-corrected chi connectivity index (χ0v) is 14.3. The smallest absolute Gasteiger partial charge is 0.290 e. The van der Waals surface area contributed by atoms with E-state index in [2.05, 4.69) is 4.98 Å². The van der Waals surface area contributed by atoms with Gasteiger partial charge in [-0.05, 0) is 29.3 Å². The van der Waals surface area contributed by atoms with Gasteiger partial charge in [0, 0.05) is 18.9 Å². The van der Waals surface area contributed by atoms with Gasteiger partial charge in [0.15, 0.2) is 11.5 Å². The summed E-state index contributed by atoms with van der Waals surface area (Å²) < 4.78 is 5.19. The van der Waals surface area contributed by atoms with Crippen molar-refractivity contribution in [2.24, 2.45) is 0 Å². The van der Waals surface area contributed by atoms with E-state index < -0.39 is 23.5 Å². The van der Waals surface area contributed by atoms with Crippen molar-refractivity contribution in [2.45, 2.75) is 12.6 Å². The van der Waals surface area contributed by atoms with Crippen molar-refractivity contribution < 1.29 is 19.1 Å².